The number of anilines is 2. The molecule has 18 heavy (non-hydrogen) atoms. The SMILES string of the molecule is CCOc1nc(N2CC(C)OCC2C)ccc1N. The van der Waals surface area contributed by atoms with Crippen molar-refractivity contribution in [3.05, 3.63) is 12.1 Å². The molecule has 1 fully saturated rings. The van der Waals surface area contributed by atoms with Gasteiger partial charge < -0.3 is 20.1 Å². The molecule has 0 amide bonds. The molecular weight excluding hydrogens is 230 g/mol. The van der Waals surface area contributed by atoms with E-state index in [9.17, 15) is 0 Å². The highest BCUT2D eigenvalue weighted by Crippen LogP contribution is 2.26. The zero-order valence-electron chi connectivity index (χ0n) is 11.2. The number of aromatic nitrogens is 1. The van der Waals surface area contributed by atoms with Gasteiger partial charge in [-0.1, -0.05) is 0 Å². The Morgan fingerprint density at radius 3 is 3.00 bits per heavy atom. The number of ether oxygens (including phenoxy) is 2. The minimum absolute atomic E-state index is 0.219. The first-order valence-electron chi connectivity index (χ1n) is 6.39. The highest BCUT2D eigenvalue weighted by atomic mass is 16.5. The van der Waals surface area contributed by atoms with Crippen molar-refractivity contribution in [1.29, 1.82) is 0 Å². The Balaban J connectivity index is 2.23. The fourth-order valence-electron chi connectivity index (χ4n) is 2.08. The second kappa shape index (κ2) is 5.44. The molecule has 0 spiro atoms. The maximum absolute atomic E-state index is 5.84. The lowest BCUT2D eigenvalue weighted by Crippen LogP contribution is -2.47. The third kappa shape index (κ3) is 2.67. The molecule has 5 nitrogen and oxygen atoms in total. The van der Waals surface area contributed by atoms with E-state index >= 15 is 0 Å². The summed E-state index contributed by atoms with van der Waals surface area (Å²) >= 11 is 0. The summed E-state index contributed by atoms with van der Waals surface area (Å²) in [6.07, 6.45) is 0.219. The lowest BCUT2D eigenvalue weighted by molar-refractivity contribution is 0.0340. The Morgan fingerprint density at radius 2 is 2.28 bits per heavy atom. The second-order valence-corrected chi connectivity index (χ2v) is 4.64. The Morgan fingerprint density at radius 1 is 1.50 bits per heavy atom. The largest absolute Gasteiger partial charge is 0.476 e. The molecule has 1 aliphatic heterocycles. The maximum Gasteiger partial charge on any atom is 0.239 e. The molecule has 0 saturated carbocycles. The van der Waals surface area contributed by atoms with Crippen LogP contribution in [0.25, 0.3) is 0 Å². The third-order valence-corrected chi connectivity index (χ3v) is 3.06. The van der Waals surface area contributed by atoms with Gasteiger partial charge >= 0.3 is 0 Å². The number of nitrogens with two attached hydrogens (primary N) is 1. The zero-order valence-corrected chi connectivity index (χ0v) is 11.2. The molecule has 0 aliphatic carbocycles. The summed E-state index contributed by atoms with van der Waals surface area (Å²) in [6, 6.07) is 4.10. The van der Waals surface area contributed by atoms with Gasteiger partial charge in [-0.25, -0.2) is 0 Å². The molecule has 0 bridgehead atoms. The molecule has 2 atom stereocenters. The van der Waals surface area contributed by atoms with Gasteiger partial charge in [-0.15, -0.1) is 0 Å². The van der Waals surface area contributed by atoms with E-state index in [2.05, 4.69) is 23.7 Å². The number of rotatable bonds is 3. The molecule has 100 valence electrons. The van der Waals surface area contributed by atoms with Crippen LogP contribution in [0.2, 0.25) is 0 Å². The summed E-state index contributed by atoms with van der Waals surface area (Å²) < 4.78 is 11.1. The van der Waals surface area contributed by atoms with Crippen molar-refractivity contribution in [2.24, 2.45) is 0 Å². The van der Waals surface area contributed by atoms with Crippen molar-refractivity contribution >= 4 is 11.5 Å². The molecule has 2 heterocycles. The van der Waals surface area contributed by atoms with Gasteiger partial charge in [0, 0.05) is 6.54 Å². The molecule has 1 aromatic heterocycles. The number of hydrogen-bond donors (Lipinski definition) is 1. The first kappa shape index (κ1) is 13.0. The van der Waals surface area contributed by atoms with Crippen LogP contribution in [0.4, 0.5) is 11.5 Å². The first-order chi connectivity index (χ1) is 8.61. The van der Waals surface area contributed by atoms with E-state index in [0.717, 1.165) is 19.0 Å². The van der Waals surface area contributed by atoms with Gasteiger partial charge in [-0.3, -0.25) is 0 Å². The van der Waals surface area contributed by atoms with Gasteiger partial charge in [-0.05, 0) is 32.9 Å². The standard InChI is InChI=1S/C13H21N3O2/c1-4-17-13-11(14)5-6-12(15-13)16-7-10(3)18-8-9(16)2/h5-6,9-10H,4,7-8,14H2,1-3H3. The smallest absolute Gasteiger partial charge is 0.239 e. The van der Waals surface area contributed by atoms with E-state index in [-0.39, 0.29) is 6.10 Å². The molecule has 1 aliphatic rings. The number of hydrogen-bond acceptors (Lipinski definition) is 5. The van der Waals surface area contributed by atoms with Gasteiger partial charge in [0.2, 0.25) is 5.88 Å². The van der Waals surface area contributed by atoms with Crippen molar-refractivity contribution in [1.82, 2.24) is 4.98 Å². The van der Waals surface area contributed by atoms with Gasteiger partial charge in [0.05, 0.1) is 31.0 Å². The van der Waals surface area contributed by atoms with Gasteiger partial charge in [-0.2, -0.15) is 4.98 Å². The molecule has 0 aromatic carbocycles. The van der Waals surface area contributed by atoms with Gasteiger partial charge in [0.15, 0.2) is 0 Å². The fraction of sp³-hybridized carbons (Fsp3) is 0.615. The first-order valence-corrected chi connectivity index (χ1v) is 6.39. The summed E-state index contributed by atoms with van der Waals surface area (Å²) in [5.74, 6) is 1.41. The number of nitrogens with zero attached hydrogens (tertiary/aromatic N) is 2. The van der Waals surface area contributed by atoms with Gasteiger partial charge in [0.25, 0.3) is 0 Å². The van der Waals surface area contributed by atoms with E-state index in [1.807, 2.05) is 19.1 Å². The topological polar surface area (TPSA) is 60.6 Å². The summed E-state index contributed by atoms with van der Waals surface area (Å²) in [4.78, 5) is 6.73. The van der Waals surface area contributed by atoms with Crippen LogP contribution in [-0.4, -0.2) is 36.9 Å². The molecule has 1 aromatic rings. The van der Waals surface area contributed by atoms with E-state index in [0.29, 0.717) is 24.2 Å². The predicted octanol–water partition coefficient (Wildman–Crippen LogP) is 1.68. The Labute approximate surface area is 108 Å². The lowest BCUT2D eigenvalue weighted by atomic mass is 10.2. The minimum atomic E-state index is 0.219. The molecular formula is C13H21N3O2. The Kier molecular flexibility index (Phi) is 3.91. The number of nitrogen functional groups attached to an aromatic ring is 1. The summed E-state index contributed by atoms with van der Waals surface area (Å²) in [6.45, 7) is 8.24. The van der Waals surface area contributed by atoms with Crippen LogP contribution in [0, 0.1) is 0 Å². The van der Waals surface area contributed by atoms with Gasteiger partial charge in [0.1, 0.15) is 5.82 Å². The average molecular weight is 251 g/mol. The van der Waals surface area contributed by atoms with Crippen LogP contribution >= 0.6 is 0 Å². The normalized spacial score (nSPS) is 24.1. The summed E-state index contributed by atoms with van der Waals surface area (Å²) in [7, 11) is 0. The molecule has 1 saturated heterocycles. The van der Waals surface area contributed by atoms with E-state index < -0.39 is 0 Å². The van der Waals surface area contributed by atoms with E-state index in [1.165, 1.54) is 0 Å². The van der Waals surface area contributed by atoms with Crippen LogP contribution in [-0.2, 0) is 4.74 Å². The quantitative estimate of drug-likeness (QED) is 0.885. The van der Waals surface area contributed by atoms with E-state index in [4.69, 9.17) is 15.2 Å². The van der Waals surface area contributed by atoms with Crippen LogP contribution in [0.1, 0.15) is 20.8 Å². The second-order valence-electron chi connectivity index (χ2n) is 4.64. The average Bonchev–Trinajstić information content (AvgIpc) is 2.35. The van der Waals surface area contributed by atoms with Crippen molar-refractivity contribution < 1.29 is 9.47 Å². The minimum Gasteiger partial charge on any atom is -0.476 e. The Bertz CT molecular complexity index is 411. The monoisotopic (exact) mass is 251 g/mol. The summed E-state index contributed by atoms with van der Waals surface area (Å²) in [5.41, 5.74) is 6.41. The van der Waals surface area contributed by atoms with Crippen molar-refractivity contribution in [2.75, 3.05) is 30.4 Å². The molecule has 5 heteroatoms. The van der Waals surface area contributed by atoms with Crippen LogP contribution in [0.3, 0.4) is 0 Å². The predicted molar refractivity (Wildman–Crippen MR) is 72.0 cm³/mol. The molecule has 2 unspecified atom stereocenters. The zero-order chi connectivity index (χ0) is 13.1. The maximum atomic E-state index is 5.84. The number of pyridine rings is 1. The highest BCUT2D eigenvalue weighted by molar-refractivity contribution is 5.55. The van der Waals surface area contributed by atoms with Crippen molar-refractivity contribution in [3.8, 4) is 5.88 Å². The van der Waals surface area contributed by atoms with Crippen molar-refractivity contribution in [3.63, 3.8) is 0 Å². The van der Waals surface area contributed by atoms with Crippen molar-refractivity contribution in [2.45, 2.75) is 32.9 Å². The Hall–Kier alpha value is -1.49. The van der Waals surface area contributed by atoms with E-state index in [1.54, 1.807) is 0 Å². The van der Waals surface area contributed by atoms with Crippen LogP contribution in [0.15, 0.2) is 12.1 Å². The molecule has 0 radical (unpaired) electrons. The fourth-order valence-corrected chi connectivity index (χ4v) is 2.08. The lowest BCUT2D eigenvalue weighted by Gasteiger charge is -2.37. The number of morpholine rings is 1. The highest BCUT2D eigenvalue weighted by Gasteiger charge is 2.25. The molecule has 2 N–H and O–H groups in total. The summed E-state index contributed by atoms with van der Waals surface area (Å²) in [5, 5.41) is 0. The van der Waals surface area contributed by atoms with Crippen LogP contribution < -0.4 is 15.4 Å². The van der Waals surface area contributed by atoms with Crippen LogP contribution in [0.5, 0.6) is 5.88 Å². The third-order valence-electron chi connectivity index (χ3n) is 3.06. The molecule has 2 rings (SSSR count).